The molecule has 0 fully saturated rings. The van der Waals surface area contributed by atoms with Gasteiger partial charge in [0.1, 0.15) is 0 Å². The molecule has 86 valence electrons. The van der Waals surface area contributed by atoms with Crippen molar-refractivity contribution >= 4 is 10.0 Å². The number of nitrogens with zero attached hydrogens (tertiary/aromatic N) is 1. The van der Waals surface area contributed by atoms with Crippen molar-refractivity contribution in [3.8, 4) is 0 Å². The number of rotatable bonds is 6. The predicted molar refractivity (Wildman–Crippen MR) is 56.9 cm³/mol. The summed E-state index contributed by atoms with van der Waals surface area (Å²) in [4.78, 5) is 0. The normalized spacial score (nSPS) is 12.2. The van der Waals surface area contributed by atoms with E-state index in [0.29, 0.717) is 19.1 Å². The van der Waals surface area contributed by atoms with Crippen LogP contribution in [0.2, 0.25) is 0 Å². The number of nitrogens with one attached hydrogen (secondary N) is 3. The monoisotopic (exact) mass is 232 g/mol. The SMILES string of the molecule is CC(C)NCCNS(=O)(=O)c1ccn[nH]1. The molecule has 1 rings (SSSR count). The molecule has 0 aromatic carbocycles. The summed E-state index contributed by atoms with van der Waals surface area (Å²) in [7, 11) is -3.42. The third kappa shape index (κ3) is 3.98. The van der Waals surface area contributed by atoms with E-state index in [-0.39, 0.29) is 5.03 Å². The van der Waals surface area contributed by atoms with Crippen molar-refractivity contribution in [2.75, 3.05) is 13.1 Å². The van der Waals surface area contributed by atoms with Gasteiger partial charge < -0.3 is 5.32 Å². The van der Waals surface area contributed by atoms with E-state index in [0.717, 1.165) is 0 Å². The molecular formula is C8H16N4O2S. The number of hydrogen-bond donors (Lipinski definition) is 3. The summed E-state index contributed by atoms with van der Waals surface area (Å²) in [5.74, 6) is 0. The lowest BCUT2D eigenvalue weighted by atomic mass is 10.4. The van der Waals surface area contributed by atoms with E-state index in [1.807, 2.05) is 13.8 Å². The molecule has 1 aromatic rings. The fraction of sp³-hybridized carbons (Fsp3) is 0.625. The summed E-state index contributed by atoms with van der Waals surface area (Å²) in [6.45, 7) is 4.97. The van der Waals surface area contributed by atoms with Gasteiger partial charge in [0.2, 0.25) is 0 Å². The molecule has 1 heterocycles. The Hall–Kier alpha value is -0.920. The topological polar surface area (TPSA) is 86.9 Å². The van der Waals surface area contributed by atoms with Crippen LogP contribution in [0.15, 0.2) is 17.3 Å². The van der Waals surface area contributed by atoms with Crippen LogP contribution in [0.1, 0.15) is 13.8 Å². The van der Waals surface area contributed by atoms with E-state index in [2.05, 4.69) is 20.2 Å². The molecule has 0 aliphatic rings. The predicted octanol–water partition coefficient (Wildman–Crippen LogP) is -0.314. The molecule has 3 N–H and O–H groups in total. The van der Waals surface area contributed by atoms with Crippen LogP contribution in [0, 0.1) is 0 Å². The molecule has 0 atom stereocenters. The first-order valence-corrected chi connectivity index (χ1v) is 6.23. The quantitative estimate of drug-likeness (QED) is 0.587. The molecule has 0 spiro atoms. The van der Waals surface area contributed by atoms with Crippen LogP contribution in [0.5, 0.6) is 0 Å². The van der Waals surface area contributed by atoms with Gasteiger partial charge in [-0.3, -0.25) is 5.10 Å². The van der Waals surface area contributed by atoms with Gasteiger partial charge >= 0.3 is 0 Å². The summed E-state index contributed by atoms with van der Waals surface area (Å²) in [6.07, 6.45) is 1.40. The highest BCUT2D eigenvalue weighted by Crippen LogP contribution is 2.00. The molecule has 0 bridgehead atoms. The van der Waals surface area contributed by atoms with Gasteiger partial charge in [0.25, 0.3) is 10.0 Å². The second kappa shape index (κ2) is 5.24. The van der Waals surface area contributed by atoms with Crippen molar-refractivity contribution < 1.29 is 8.42 Å². The van der Waals surface area contributed by atoms with E-state index in [1.54, 1.807) is 0 Å². The first-order valence-electron chi connectivity index (χ1n) is 4.75. The number of sulfonamides is 1. The van der Waals surface area contributed by atoms with Gasteiger partial charge in [-0.2, -0.15) is 5.10 Å². The minimum absolute atomic E-state index is 0.0899. The average molecular weight is 232 g/mol. The Bertz CT molecular complexity index is 371. The first-order chi connectivity index (χ1) is 7.02. The van der Waals surface area contributed by atoms with Gasteiger partial charge in [0.15, 0.2) is 5.03 Å². The van der Waals surface area contributed by atoms with Gasteiger partial charge in [0.05, 0.1) is 6.20 Å². The summed E-state index contributed by atoms with van der Waals surface area (Å²) >= 11 is 0. The standard InChI is InChI=1S/C8H16N4O2S/c1-7(2)9-5-6-11-15(13,14)8-3-4-10-12-8/h3-4,7,9,11H,5-6H2,1-2H3,(H,10,12). The highest BCUT2D eigenvalue weighted by Gasteiger charge is 2.13. The molecule has 0 saturated heterocycles. The van der Waals surface area contributed by atoms with Gasteiger partial charge in [0, 0.05) is 19.1 Å². The molecule has 0 aliphatic carbocycles. The van der Waals surface area contributed by atoms with E-state index < -0.39 is 10.0 Å². The Balaban J connectivity index is 2.39. The van der Waals surface area contributed by atoms with Crippen LogP contribution in [0.4, 0.5) is 0 Å². The van der Waals surface area contributed by atoms with Crippen LogP contribution in [0.25, 0.3) is 0 Å². The Morgan fingerprint density at radius 2 is 2.20 bits per heavy atom. The maximum absolute atomic E-state index is 11.5. The van der Waals surface area contributed by atoms with Crippen molar-refractivity contribution in [3.05, 3.63) is 12.3 Å². The largest absolute Gasteiger partial charge is 0.313 e. The van der Waals surface area contributed by atoms with E-state index >= 15 is 0 Å². The van der Waals surface area contributed by atoms with E-state index in [9.17, 15) is 8.42 Å². The van der Waals surface area contributed by atoms with Crippen molar-refractivity contribution in [1.29, 1.82) is 0 Å². The molecule has 6 nitrogen and oxygen atoms in total. The highest BCUT2D eigenvalue weighted by molar-refractivity contribution is 7.89. The Kier molecular flexibility index (Phi) is 4.25. The van der Waals surface area contributed by atoms with Crippen LogP contribution in [-0.4, -0.2) is 37.7 Å². The van der Waals surface area contributed by atoms with Gasteiger partial charge in [-0.05, 0) is 6.07 Å². The molecule has 7 heteroatoms. The smallest absolute Gasteiger partial charge is 0.257 e. The number of hydrogen-bond acceptors (Lipinski definition) is 4. The second-order valence-corrected chi connectivity index (χ2v) is 5.16. The minimum Gasteiger partial charge on any atom is -0.313 e. The lowest BCUT2D eigenvalue weighted by molar-refractivity contribution is 0.557. The van der Waals surface area contributed by atoms with Crippen LogP contribution in [-0.2, 0) is 10.0 Å². The second-order valence-electron chi connectivity index (χ2n) is 3.43. The minimum atomic E-state index is -3.42. The van der Waals surface area contributed by atoms with Gasteiger partial charge in [-0.25, -0.2) is 13.1 Å². The Morgan fingerprint density at radius 1 is 1.47 bits per heavy atom. The molecule has 1 aromatic heterocycles. The summed E-state index contributed by atoms with van der Waals surface area (Å²) < 4.78 is 25.5. The summed E-state index contributed by atoms with van der Waals surface area (Å²) in [5, 5.41) is 9.19. The molecule has 0 amide bonds. The molecule has 0 aliphatic heterocycles. The van der Waals surface area contributed by atoms with Crippen LogP contribution >= 0.6 is 0 Å². The molecular weight excluding hydrogens is 216 g/mol. The van der Waals surface area contributed by atoms with Gasteiger partial charge in [-0.1, -0.05) is 13.8 Å². The summed E-state index contributed by atoms with van der Waals surface area (Å²) in [6, 6.07) is 1.76. The lowest BCUT2D eigenvalue weighted by Crippen LogP contribution is -2.34. The van der Waals surface area contributed by atoms with Crippen molar-refractivity contribution in [2.24, 2.45) is 0 Å². The maximum Gasteiger partial charge on any atom is 0.257 e. The fourth-order valence-electron chi connectivity index (χ4n) is 1.02. The van der Waals surface area contributed by atoms with E-state index in [4.69, 9.17) is 0 Å². The lowest BCUT2D eigenvalue weighted by Gasteiger charge is -2.08. The third-order valence-electron chi connectivity index (χ3n) is 1.73. The van der Waals surface area contributed by atoms with Crippen molar-refractivity contribution in [2.45, 2.75) is 24.9 Å². The maximum atomic E-state index is 11.5. The zero-order valence-corrected chi connectivity index (χ0v) is 9.63. The van der Waals surface area contributed by atoms with Crippen molar-refractivity contribution in [3.63, 3.8) is 0 Å². The zero-order chi connectivity index (χ0) is 11.3. The zero-order valence-electron chi connectivity index (χ0n) is 8.82. The number of aromatic nitrogens is 2. The van der Waals surface area contributed by atoms with E-state index in [1.165, 1.54) is 12.3 Å². The third-order valence-corrected chi connectivity index (χ3v) is 3.12. The van der Waals surface area contributed by atoms with Crippen LogP contribution in [0.3, 0.4) is 0 Å². The molecule has 15 heavy (non-hydrogen) atoms. The summed E-state index contributed by atoms with van der Waals surface area (Å²) in [5.41, 5.74) is 0. The highest BCUT2D eigenvalue weighted by atomic mass is 32.2. The average Bonchev–Trinajstić information content (AvgIpc) is 2.65. The van der Waals surface area contributed by atoms with Crippen LogP contribution < -0.4 is 10.0 Å². The van der Waals surface area contributed by atoms with Crippen molar-refractivity contribution in [1.82, 2.24) is 20.2 Å². The molecule has 0 radical (unpaired) electrons. The number of aromatic amines is 1. The first kappa shape index (κ1) is 12.2. The fourth-order valence-corrected chi connectivity index (χ4v) is 1.96. The Labute approximate surface area is 89.5 Å². The Morgan fingerprint density at radius 3 is 2.73 bits per heavy atom. The number of H-pyrrole nitrogens is 1. The molecule has 0 saturated carbocycles. The van der Waals surface area contributed by atoms with Gasteiger partial charge in [-0.15, -0.1) is 0 Å². The molecule has 0 unspecified atom stereocenters.